The minimum absolute atomic E-state index is 0.0917. The molecular weight excluding hydrogens is 278 g/mol. The zero-order chi connectivity index (χ0) is 14.0. The van der Waals surface area contributed by atoms with Gasteiger partial charge in [0, 0.05) is 11.9 Å². The molecule has 1 aromatic rings. The summed E-state index contributed by atoms with van der Waals surface area (Å²) in [5, 5.41) is 9.01. The predicted molar refractivity (Wildman–Crippen MR) is 65.4 cm³/mol. The first-order valence-electron chi connectivity index (χ1n) is 5.55. The Labute approximate surface area is 112 Å². The number of aliphatic carboxylic acids is 1. The predicted octanol–water partition coefficient (Wildman–Crippen LogP) is 1.35. The summed E-state index contributed by atoms with van der Waals surface area (Å²) < 4.78 is 25.9. The first kappa shape index (κ1) is 13.9. The fraction of sp³-hybridized carbons (Fsp3) is 0.455. The highest BCUT2D eigenvalue weighted by molar-refractivity contribution is 7.99. The van der Waals surface area contributed by atoms with E-state index in [1.165, 1.54) is 35.0 Å². The van der Waals surface area contributed by atoms with Gasteiger partial charge in [-0.3, -0.25) is 4.79 Å². The van der Waals surface area contributed by atoms with E-state index in [1.54, 1.807) is 0 Å². The number of thioether (sulfide) groups is 1. The minimum Gasteiger partial charge on any atom is -0.480 e. The molecule has 1 aliphatic rings. The molecule has 0 radical (unpaired) electrons. The van der Waals surface area contributed by atoms with Crippen molar-refractivity contribution >= 4 is 23.6 Å². The SMILES string of the molecule is O=C(O)C1CSCN1C(=O)c1cccn1CC(F)F. The molecule has 1 unspecified atom stereocenters. The molecule has 1 amide bonds. The molecule has 1 N–H and O–H groups in total. The summed E-state index contributed by atoms with van der Waals surface area (Å²) in [7, 11) is 0. The Bertz CT molecular complexity index is 492. The third kappa shape index (κ3) is 2.89. The first-order chi connectivity index (χ1) is 9.00. The lowest BCUT2D eigenvalue weighted by Crippen LogP contribution is -2.42. The van der Waals surface area contributed by atoms with Crippen LogP contribution >= 0.6 is 11.8 Å². The topological polar surface area (TPSA) is 62.5 Å². The molecule has 0 aliphatic carbocycles. The van der Waals surface area contributed by atoms with Gasteiger partial charge in [0.1, 0.15) is 11.7 Å². The van der Waals surface area contributed by atoms with E-state index in [0.29, 0.717) is 5.75 Å². The monoisotopic (exact) mass is 290 g/mol. The normalized spacial score (nSPS) is 19.1. The molecule has 1 aliphatic heterocycles. The second kappa shape index (κ2) is 5.60. The molecule has 8 heteroatoms. The molecule has 5 nitrogen and oxygen atoms in total. The molecule has 2 rings (SSSR count). The minimum atomic E-state index is -2.57. The Morgan fingerprint density at radius 1 is 1.53 bits per heavy atom. The van der Waals surface area contributed by atoms with Crippen LogP contribution in [-0.4, -0.2) is 50.5 Å². The molecule has 0 aromatic carbocycles. The zero-order valence-corrected chi connectivity index (χ0v) is 10.6. The Balaban J connectivity index is 2.20. The van der Waals surface area contributed by atoms with Crippen molar-refractivity contribution < 1.29 is 23.5 Å². The van der Waals surface area contributed by atoms with Crippen molar-refractivity contribution in [2.45, 2.75) is 19.0 Å². The van der Waals surface area contributed by atoms with Gasteiger partial charge in [-0.05, 0) is 12.1 Å². The number of rotatable bonds is 4. The largest absolute Gasteiger partial charge is 0.480 e. The number of halogens is 2. The summed E-state index contributed by atoms with van der Waals surface area (Å²) in [6.07, 6.45) is -1.18. The van der Waals surface area contributed by atoms with Crippen molar-refractivity contribution in [2.24, 2.45) is 0 Å². The highest BCUT2D eigenvalue weighted by atomic mass is 32.2. The van der Waals surface area contributed by atoms with Crippen LogP contribution in [0.5, 0.6) is 0 Å². The van der Waals surface area contributed by atoms with Crippen molar-refractivity contribution in [3.05, 3.63) is 24.0 Å². The standard InChI is InChI=1S/C11H12F2N2O3S/c12-9(13)4-14-3-1-2-7(14)10(16)15-6-19-5-8(15)11(17)18/h1-3,8-9H,4-6H2,(H,17,18). The molecule has 1 fully saturated rings. The summed E-state index contributed by atoms with van der Waals surface area (Å²) in [6, 6.07) is 2.02. The molecule has 1 atom stereocenters. The molecule has 0 saturated carbocycles. The molecule has 1 aromatic heterocycles. The number of hydrogen-bond acceptors (Lipinski definition) is 3. The Hall–Kier alpha value is -1.57. The van der Waals surface area contributed by atoms with Crippen LogP contribution in [0.3, 0.4) is 0 Å². The summed E-state index contributed by atoms with van der Waals surface area (Å²) in [4.78, 5) is 24.4. The number of carboxylic acids is 1. The lowest BCUT2D eigenvalue weighted by Gasteiger charge is -2.21. The van der Waals surface area contributed by atoms with Crippen LogP contribution in [0.15, 0.2) is 18.3 Å². The maximum absolute atomic E-state index is 12.4. The third-order valence-corrected chi connectivity index (χ3v) is 3.82. The quantitative estimate of drug-likeness (QED) is 0.909. The number of hydrogen-bond donors (Lipinski definition) is 1. The highest BCUT2D eigenvalue weighted by Crippen LogP contribution is 2.23. The van der Waals surface area contributed by atoms with Crippen LogP contribution in [0.1, 0.15) is 10.5 Å². The molecular formula is C11H12F2N2O3S. The summed E-state index contributed by atoms with van der Waals surface area (Å²) in [5.41, 5.74) is 0.0917. The summed E-state index contributed by atoms with van der Waals surface area (Å²) in [5.74, 6) is -1.03. The van der Waals surface area contributed by atoms with E-state index in [0.717, 1.165) is 4.57 Å². The lowest BCUT2D eigenvalue weighted by atomic mass is 10.2. The Kier molecular flexibility index (Phi) is 4.08. The smallest absolute Gasteiger partial charge is 0.327 e. The molecule has 0 bridgehead atoms. The van der Waals surface area contributed by atoms with Gasteiger partial charge in [-0.25, -0.2) is 13.6 Å². The van der Waals surface area contributed by atoms with Crippen molar-refractivity contribution in [1.29, 1.82) is 0 Å². The van der Waals surface area contributed by atoms with Gasteiger partial charge in [0.15, 0.2) is 0 Å². The van der Waals surface area contributed by atoms with Crippen LogP contribution in [0.4, 0.5) is 8.78 Å². The number of nitrogens with zero attached hydrogens (tertiary/aromatic N) is 2. The number of amides is 1. The van der Waals surface area contributed by atoms with Crippen molar-refractivity contribution in [1.82, 2.24) is 9.47 Å². The van der Waals surface area contributed by atoms with Crippen LogP contribution < -0.4 is 0 Å². The van der Waals surface area contributed by atoms with Crippen molar-refractivity contribution in [2.75, 3.05) is 11.6 Å². The second-order valence-electron chi connectivity index (χ2n) is 4.07. The maximum Gasteiger partial charge on any atom is 0.327 e. The fourth-order valence-corrected chi connectivity index (χ4v) is 3.06. The van der Waals surface area contributed by atoms with E-state index in [-0.39, 0.29) is 11.6 Å². The van der Waals surface area contributed by atoms with Gasteiger partial charge in [-0.1, -0.05) is 0 Å². The number of carboxylic acid groups (broad SMARTS) is 1. The zero-order valence-electron chi connectivity index (χ0n) is 9.83. The first-order valence-corrected chi connectivity index (χ1v) is 6.71. The summed E-state index contributed by atoms with van der Waals surface area (Å²) >= 11 is 1.33. The van der Waals surface area contributed by atoms with Crippen LogP contribution in [0.2, 0.25) is 0 Å². The molecule has 0 spiro atoms. The second-order valence-corrected chi connectivity index (χ2v) is 5.07. The van der Waals surface area contributed by atoms with Crippen molar-refractivity contribution in [3.63, 3.8) is 0 Å². The van der Waals surface area contributed by atoms with Gasteiger partial charge >= 0.3 is 5.97 Å². The number of aromatic nitrogens is 1. The Morgan fingerprint density at radius 3 is 2.89 bits per heavy atom. The molecule has 19 heavy (non-hydrogen) atoms. The van der Waals surface area contributed by atoms with Gasteiger partial charge in [-0.2, -0.15) is 0 Å². The van der Waals surface area contributed by atoms with E-state index in [2.05, 4.69) is 0 Å². The number of carbonyl (C=O) groups is 2. The molecule has 2 heterocycles. The van der Waals surface area contributed by atoms with Gasteiger partial charge in [0.2, 0.25) is 0 Å². The van der Waals surface area contributed by atoms with E-state index < -0.39 is 30.9 Å². The fourth-order valence-electron chi connectivity index (χ4n) is 1.91. The lowest BCUT2D eigenvalue weighted by molar-refractivity contribution is -0.140. The van der Waals surface area contributed by atoms with E-state index in [1.807, 2.05) is 0 Å². The highest BCUT2D eigenvalue weighted by Gasteiger charge is 2.35. The van der Waals surface area contributed by atoms with Gasteiger partial charge in [0.25, 0.3) is 12.3 Å². The van der Waals surface area contributed by atoms with E-state index >= 15 is 0 Å². The van der Waals surface area contributed by atoms with Gasteiger partial charge < -0.3 is 14.6 Å². The van der Waals surface area contributed by atoms with Crippen molar-refractivity contribution in [3.8, 4) is 0 Å². The molecule has 1 saturated heterocycles. The van der Waals surface area contributed by atoms with Crippen LogP contribution in [0, 0.1) is 0 Å². The summed E-state index contributed by atoms with van der Waals surface area (Å²) in [6.45, 7) is -0.577. The molecule has 104 valence electrons. The average Bonchev–Trinajstić information content (AvgIpc) is 2.94. The number of carbonyl (C=O) groups excluding carboxylic acids is 1. The Morgan fingerprint density at radius 2 is 2.26 bits per heavy atom. The maximum atomic E-state index is 12.4. The van der Waals surface area contributed by atoms with Crippen LogP contribution in [0.25, 0.3) is 0 Å². The van der Waals surface area contributed by atoms with Gasteiger partial charge in [0.05, 0.1) is 12.4 Å². The van der Waals surface area contributed by atoms with Gasteiger partial charge in [-0.15, -0.1) is 11.8 Å². The third-order valence-electron chi connectivity index (χ3n) is 2.81. The van der Waals surface area contributed by atoms with E-state index in [4.69, 9.17) is 5.11 Å². The number of alkyl halides is 2. The van der Waals surface area contributed by atoms with E-state index in [9.17, 15) is 18.4 Å². The van der Waals surface area contributed by atoms with Crippen LogP contribution in [-0.2, 0) is 11.3 Å². The average molecular weight is 290 g/mol.